The highest BCUT2D eigenvalue weighted by molar-refractivity contribution is 5.98. The van der Waals surface area contributed by atoms with Crippen LogP contribution in [-0.2, 0) is 25.4 Å². The van der Waals surface area contributed by atoms with Crippen molar-refractivity contribution in [2.75, 3.05) is 0 Å². The van der Waals surface area contributed by atoms with Gasteiger partial charge in [0.25, 0.3) is 5.91 Å². The number of nitrogens with one attached hydrogen (secondary N) is 1. The van der Waals surface area contributed by atoms with Crippen LogP contribution in [0, 0.1) is 0 Å². The van der Waals surface area contributed by atoms with Crippen LogP contribution in [0.5, 0.6) is 0 Å². The third-order valence-corrected chi connectivity index (χ3v) is 5.27. The van der Waals surface area contributed by atoms with Gasteiger partial charge in [-0.05, 0) is 29.3 Å². The Balaban J connectivity index is 1.72. The molecule has 1 aromatic heterocycles. The van der Waals surface area contributed by atoms with Crippen molar-refractivity contribution < 1.29 is 31.1 Å². The summed E-state index contributed by atoms with van der Waals surface area (Å²) >= 11 is 0. The first-order chi connectivity index (χ1) is 17.0. The van der Waals surface area contributed by atoms with E-state index in [0.29, 0.717) is 17.7 Å². The molecule has 1 heterocycles. The third-order valence-electron chi connectivity index (χ3n) is 5.27. The zero-order valence-corrected chi connectivity index (χ0v) is 18.4. The van der Waals surface area contributed by atoms with Crippen LogP contribution in [0.15, 0.2) is 78.9 Å². The van der Waals surface area contributed by atoms with Crippen LogP contribution in [0.25, 0.3) is 11.3 Å². The molecule has 0 aliphatic heterocycles. The maximum Gasteiger partial charge on any atom is 0.416 e. The zero-order valence-electron chi connectivity index (χ0n) is 18.4. The molecular weight excluding hydrogens is 486 g/mol. The average molecular weight is 504 g/mol. The van der Waals surface area contributed by atoms with Gasteiger partial charge in [0.2, 0.25) is 0 Å². The fourth-order valence-electron chi connectivity index (χ4n) is 3.60. The minimum absolute atomic E-state index is 0.0609. The van der Waals surface area contributed by atoms with E-state index < -0.39 is 35.9 Å². The molecule has 186 valence electrons. The fraction of sp³-hybridized carbons (Fsp3) is 0.160. The van der Waals surface area contributed by atoms with Gasteiger partial charge in [-0.1, -0.05) is 65.9 Å². The van der Waals surface area contributed by atoms with Crippen LogP contribution >= 0.6 is 0 Å². The summed E-state index contributed by atoms with van der Waals surface area (Å²) < 4.78 is 80.9. The minimum atomic E-state index is -4.98. The minimum Gasteiger partial charge on any atom is -0.346 e. The Hall–Kier alpha value is -4.15. The van der Waals surface area contributed by atoms with Crippen molar-refractivity contribution in [3.63, 3.8) is 0 Å². The van der Waals surface area contributed by atoms with E-state index in [2.05, 4.69) is 15.6 Å². The molecule has 5 nitrogen and oxygen atoms in total. The highest BCUT2D eigenvalue weighted by Crippen LogP contribution is 2.36. The molecule has 3 aromatic carbocycles. The second-order valence-corrected chi connectivity index (χ2v) is 7.89. The Morgan fingerprint density at radius 2 is 1.33 bits per heavy atom. The van der Waals surface area contributed by atoms with Gasteiger partial charge in [-0.25, -0.2) is 4.68 Å². The van der Waals surface area contributed by atoms with E-state index in [1.165, 1.54) is 0 Å². The molecule has 4 aromatic rings. The number of carbonyl (C=O) groups is 1. The molecular formula is C25H18F6N4O. The summed E-state index contributed by atoms with van der Waals surface area (Å²) in [5.41, 5.74) is -1.83. The van der Waals surface area contributed by atoms with Gasteiger partial charge in [-0.3, -0.25) is 4.79 Å². The van der Waals surface area contributed by atoms with E-state index in [1.54, 1.807) is 54.6 Å². The number of halogens is 6. The average Bonchev–Trinajstić information content (AvgIpc) is 3.26. The molecule has 0 aliphatic carbocycles. The quantitative estimate of drug-likeness (QED) is 0.330. The Kier molecular flexibility index (Phi) is 6.82. The predicted molar refractivity (Wildman–Crippen MR) is 119 cm³/mol. The molecule has 0 saturated carbocycles. The number of aromatic nitrogens is 3. The van der Waals surface area contributed by atoms with E-state index in [-0.39, 0.29) is 29.6 Å². The summed E-state index contributed by atoms with van der Waals surface area (Å²) in [5, 5.41) is 10.5. The van der Waals surface area contributed by atoms with Crippen LogP contribution < -0.4 is 5.32 Å². The van der Waals surface area contributed by atoms with Gasteiger partial charge in [-0.15, -0.1) is 5.10 Å². The van der Waals surface area contributed by atoms with Gasteiger partial charge in [0.15, 0.2) is 5.69 Å². The zero-order chi connectivity index (χ0) is 25.9. The number of benzene rings is 3. The molecule has 0 spiro atoms. The first kappa shape index (κ1) is 25.0. The lowest BCUT2D eigenvalue weighted by Gasteiger charge is -2.15. The molecule has 4 rings (SSSR count). The maximum atomic E-state index is 13.3. The number of nitrogens with zero attached hydrogens (tertiary/aromatic N) is 3. The van der Waals surface area contributed by atoms with Crippen molar-refractivity contribution in [1.82, 2.24) is 20.3 Å². The van der Waals surface area contributed by atoms with Crippen LogP contribution in [-0.4, -0.2) is 20.9 Å². The van der Waals surface area contributed by atoms with Gasteiger partial charge in [0.1, 0.15) is 5.69 Å². The topological polar surface area (TPSA) is 59.8 Å². The fourth-order valence-corrected chi connectivity index (χ4v) is 3.60. The second kappa shape index (κ2) is 9.84. The van der Waals surface area contributed by atoms with Crippen molar-refractivity contribution in [3.8, 4) is 11.3 Å². The monoisotopic (exact) mass is 504 g/mol. The molecule has 36 heavy (non-hydrogen) atoms. The molecule has 0 aliphatic rings. The smallest absolute Gasteiger partial charge is 0.346 e. The van der Waals surface area contributed by atoms with Crippen molar-refractivity contribution in [2.45, 2.75) is 25.4 Å². The van der Waals surface area contributed by atoms with E-state index in [0.717, 1.165) is 10.2 Å². The number of carbonyl (C=O) groups excluding carboxylic acids is 1. The summed E-state index contributed by atoms with van der Waals surface area (Å²) in [5.74, 6) is -0.594. The van der Waals surface area contributed by atoms with Crippen molar-refractivity contribution in [3.05, 3.63) is 107 Å². The van der Waals surface area contributed by atoms with Crippen molar-refractivity contribution >= 4 is 5.91 Å². The van der Waals surface area contributed by atoms with Crippen LogP contribution in [0.1, 0.15) is 32.7 Å². The van der Waals surface area contributed by atoms with Crippen molar-refractivity contribution in [1.29, 1.82) is 0 Å². The molecule has 0 fully saturated rings. The van der Waals surface area contributed by atoms with Gasteiger partial charge in [0, 0.05) is 12.1 Å². The molecule has 1 amide bonds. The second-order valence-electron chi connectivity index (χ2n) is 7.89. The number of amides is 1. The first-order valence-electron chi connectivity index (χ1n) is 10.6. The number of rotatable bonds is 6. The number of alkyl halides is 6. The Bertz CT molecular complexity index is 1320. The number of hydrogen-bond acceptors (Lipinski definition) is 3. The van der Waals surface area contributed by atoms with Gasteiger partial charge < -0.3 is 5.32 Å². The predicted octanol–water partition coefficient (Wildman–Crippen LogP) is 5.96. The lowest BCUT2D eigenvalue weighted by atomic mass is 10.0. The summed E-state index contributed by atoms with van der Waals surface area (Å²) in [6, 6.07) is 18.7. The molecule has 1 N–H and O–H groups in total. The highest BCUT2D eigenvalue weighted by atomic mass is 19.4. The SMILES string of the molecule is O=C(NCc1ccccc1)c1nnn(Cc2cc(C(F)(F)F)cc(C(F)(F)F)c2)c1-c1ccccc1. The van der Waals surface area contributed by atoms with E-state index in [4.69, 9.17) is 0 Å². The van der Waals surface area contributed by atoms with Crippen LogP contribution in [0.3, 0.4) is 0 Å². The van der Waals surface area contributed by atoms with Crippen LogP contribution in [0.2, 0.25) is 0 Å². The summed E-state index contributed by atoms with van der Waals surface area (Å²) in [6.45, 7) is -0.292. The summed E-state index contributed by atoms with van der Waals surface area (Å²) in [4.78, 5) is 12.9. The molecule has 0 radical (unpaired) electrons. The molecule has 0 saturated heterocycles. The standard InChI is InChI=1S/C25H18F6N4O/c26-24(27,28)19-11-17(12-20(13-19)25(29,30)31)15-35-22(18-9-5-2-6-10-18)21(33-34-35)23(36)32-14-16-7-3-1-4-8-16/h1-13H,14-15H2,(H,32,36). The lowest BCUT2D eigenvalue weighted by molar-refractivity contribution is -0.143. The van der Waals surface area contributed by atoms with Crippen molar-refractivity contribution in [2.24, 2.45) is 0 Å². The Morgan fingerprint density at radius 1 is 0.778 bits per heavy atom. The normalized spacial score (nSPS) is 11.9. The Labute approximate surface area is 201 Å². The summed E-state index contributed by atoms with van der Waals surface area (Å²) in [7, 11) is 0. The maximum absolute atomic E-state index is 13.3. The van der Waals surface area contributed by atoms with E-state index in [9.17, 15) is 31.1 Å². The number of hydrogen-bond donors (Lipinski definition) is 1. The highest BCUT2D eigenvalue weighted by Gasteiger charge is 2.37. The van der Waals surface area contributed by atoms with Gasteiger partial charge in [-0.2, -0.15) is 26.3 Å². The molecule has 11 heteroatoms. The lowest BCUT2D eigenvalue weighted by Crippen LogP contribution is -2.24. The van der Waals surface area contributed by atoms with Gasteiger partial charge in [0.05, 0.1) is 17.7 Å². The van der Waals surface area contributed by atoms with Gasteiger partial charge >= 0.3 is 12.4 Å². The molecule has 0 unspecified atom stereocenters. The first-order valence-corrected chi connectivity index (χ1v) is 10.6. The van der Waals surface area contributed by atoms with Crippen LogP contribution in [0.4, 0.5) is 26.3 Å². The van der Waals surface area contributed by atoms with E-state index >= 15 is 0 Å². The Morgan fingerprint density at radius 3 is 1.89 bits per heavy atom. The van der Waals surface area contributed by atoms with E-state index in [1.807, 2.05) is 6.07 Å². The summed E-state index contributed by atoms with van der Waals surface area (Å²) in [6.07, 6.45) is -9.97. The molecule has 0 bridgehead atoms. The largest absolute Gasteiger partial charge is 0.416 e. The molecule has 0 atom stereocenters. The third kappa shape index (κ3) is 5.73.